The van der Waals surface area contributed by atoms with Crippen LogP contribution in [-0.4, -0.2) is 45.6 Å². The fourth-order valence-electron chi connectivity index (χ4n) is 4.34. The molecule has 1 aliphatic heterocycles. The average molecular weight is 484 g/mol. The van der Waals surface area contributed by atoms with Crippen LogP contribution in [0.25, 0.3) is 11.3 Å². The second-order valence-electron chi connectivity index (χ2n) is 8.96. The summed E-state index contributed by atoms with van der Waals surface area (Å²) < 4.78 is 5.57. The Bertz CT molecular complexity index is 1290. The van der Waals surface area contributed by atoms with Crippen LogP contribution in [0.1, 0.15) is 29.0 Å². The highest BCUT2D eigenvalue weighted by Crippen LogP contribution is 2.24. The standard InChI is InChI=1S/C27H29N7O2/c28-25(35)23-17-30-27(32-26(23)31-21-9-5-2-6-10-21)29-16-19-11-13-34(14-12-19)18-22-15-24(33-36-22)20-7-3-1-4-8-20/h1-10,15,17,19H,11-14,16,18H2,(H2,28,35)(H2,29,30,31,32). The van der Waals surface area contributed by atoms with E-state index in [4.69, 9.17) is 10.3 Å². The zero-order valence-electron chi connectivity index (χ0n) is 19.9. The van der Waals surface area contributed by atoms with Crippen LogP contribution in [0.2, 0.25) is 0 Å². The predicted molar refractivity (Wildman–Crippen MR) is 139 cm³/mol. The lowest BCUT2D eigenvalue weighted by atomic mass is 9.97. The van der Waals surface area contributed by atoms with Gasteiger partial charge in [-0.1, -0.05) is 53.7 Å². The molecule has 0 bridgehead atoms. The molecular weight excluding hydrogens is 454 g/mol. The molecule has 3 heterocycles. The van der Waals surface area contributed by atoms with Crippen molar-refractivity contribution < 1.29 is 9.32 Å². The third kappa shape index (κ3) is 5.87. The molecule has 4 aromatic rings. The van der Waals surface area contributed by atoms with Gasteiger partial charge < -0.3 is 20.9 Å². The summed E-state index contributed by atoms with van der Waals surface area (Å²) in [4.78, 5) is 23.0. The number of benzene rings is 2. The number of para-hydroxylation sites is 1. The van der Waals surface area contributed by atoms with Gasteiger partial charge in [-0.25, -0.2) is 4.98 Å². The molecule has 1 amide bonds. The van der Waals surface area contributed by atoms with Crippen molar-refractivity contribution in [1.29, 1.82) is 0 Å². The molecule has 9 heteroatoms. The van der Waals surface area contributed by atoms with Crippen molar-refractivity contribution in [1.82, 2.24) is 20.0 Å². The van der Waals surface area contributed by atoms with Crippen LogP contribution >= 0.6 is 0 Å². The fourth-order valence-corrected chi connectivity index (χ4v) is 4.34. The van der Waals surface area contributed by atoms with Gasteiger partial charge in [-0.15, -0.1) is 0 Å². The van der Waals surface area contributed by atoms with Crippen molar-refractivity contribution in [2.24, 2.45) is 11.7 Å². The molecule has 0 unspecified atom stereocenters. The molecule has 0 saturated carbocycles. The minimum Gasteiger partial charge on any atom is -0.365 e. The highest BCUT2D eigenvalue weighted by atomic mass is 16.5. The highest BCUT2D eigenvalue weighted by Gasteiger charge is 2.21. The molecular formula is C27H29N7O2. The molecule has 1 aliphatic rings. The zero-order chi connectivity index (χ0) is 24.7. The van der Waals surface area contributed by atoms with Crippen molar-refractivity contribution in [2.45, 2.75) is 19.4 Å². The van der Waals surface area contributed by atoms with E-state index in [0.29, 0.717) is 17.7 Å². The first-order valence-electron chi connectivity index (χ1n) is 12.1. The van der Waals surface area contributed by atoms with Gasteiger partial charge in [0, 0.05) is 30.1 Å². The van der Waals surface area contributed by atoms with E-state index in [1.54, 1.807) is 0 Å². The number of primary amides is 1. The maximum absolute atomic E-state index is 11.8. The van der Waals surface area contributed by atoms with E-state index in [-0.39, 0.29) is 5.56 Å². The normalized spacial score (nSPS) is 14.4. The summed E-state index contributed by atoms with van der Waals surface area (Å²) in [6, 6.07) is 21.6. The van der Waals surface area contributed by atoms with Crippen LogP contribution in [0.5, 0.6) is 0 Å². The van der Waals surface area contributed by atoms with Gasteiger partial charge in [-0.2, -0.15) is 4.98 Å². The van der Waals surface area contributed by atoms with Crippen LogP contribution in [0.15, 0.2) is 77.4 Å². The lowest BCUT2D eigenvalue weighted by Gasteiger charge is -2.31. The summed E-state index contributed by atoms with van der Waals surface area (Å²) >= 11 is 0. The van der Waals surface area contributed by atoms with Crippen LogP contribution < -0.4 is 16.4 Å². The van der Waals surface area contributed by atoms with Gasteiger partial charge >= 0.3 is 0 Å². The number of carbonyl (C=O) groups excluding carboxylic acids is 1. The van der Waals surface area contributed by atoms with E-state index in [9.17, 15) is 4.79 Å². The number of carbonyl (C=O) groups is 1. The van der Waals surface area contributed by atoms with Crippen molar-refractivity contribution in [3.05, 3.63) is 84.3 Å². The maximum Gasteiger partial charge on any atom is 0.254 e. The molecule has 0 aliphatic carbocycles. The van der Waals surface area contributed by atoms with Crippen LogP contribution in [0.3, 0.4) is 0 Å². The Hall–Kier alpha value is -4.24. The second-order valence-corrected chi connectivity index (χ2v) is 8.96. The van der Waals surface area contributed by atoms with E-state index in [1.807, 2.05) is 66.7 Å². The Morgan fingerprint density at radius 3 is 2.50 bits per heavy atom. The highest BCUT2D eigenvalue weighted by molar-refractivity contribution is 5.98. The quantitative estimate of drug-likeness (QED) is 0.322. The monoisotopic (exact) mass is 483 g/mol. The molecule has 9 nitrogen and oxygen atoms in total. The number of aromatic nitrogens is 3. The van der Waals surface area contributed by atoms with E-state index in [1.165, 1.54) is 6.20 Å². The molecule has 184 valence electrons. The van der Waals surface area contributed by atoms with Gasteiger partial charge in [0.05, 0.1) is 6.54 Å². The summed E-state index contributed by atoms with van der Waals surface area (Å²) in [7, 11) is 0. The average Bonchev–Trinajstić information content (AvgIpc) is 3.38. The predicted octanol–water partition coefficient (Wildman–Crippen LogP) is 4.30. The number of amides is 1. The van der Waals surface area contributed by atoms with Crippen molar-refractivity contribution in [3.8, 4) is 11.3 Å². The fraction of sp³-hybridized carbons (Fsp3) is 0.259. The van der Waals surface area contributed by atoms with Crippen LogP contribution in [0.4, 0.5) is 17.5 Å². The van der Waals surface area contributed by atoms with Gasteiger partial charge in [-0.3, -0.25) is 9.69 Å². The molecule has 36 heavy (non-hydrogen) atoms. The Morgan fingerprint density at radius 1 is 1.06 bits per heavy atom. The summed E-state index contributed by atoms with van der Waals surface area (Å²) in [6.45, 7) is 3.48. The Morgan fingerprint density at radius 2 is 1.78 bits per heavy atom. The summed E-state index contributed by atoms with van der Waals surface area (Å²) in [5.41, 5.74) is 8.51. The molecule has 5 rings (SSSR count). The first-order valence-corrected chi connectivity index (χ1v) is 12.1. The number of anilines is 3. The minimum atomic E-state index is -0.574. The molecule has 0 spiro atoms. The van der Waals surface area contributed by atoms with Gasteiger partial charge in [0.1, 0.15) is 17.1 Å². The van der Waals surface area contributed by atoms with Crippen molar-refractivity contribution in [3.63, 3.8) is 0 Å². The first-order chi connectivity index (χ1) is 17.6. The molecule has 1 fully saturated rings. The van der Waals surface area contributed by atoms with E-state index >= 15 is 0 Å². The Balaban J connectivity index is 1.13. The maximum atomic E-state index is 11.8. The minimum absolute atomic E-state index is 0.251. The third-order valence-electron chi connectivity index (χ3n) is 6.35. The molecule has 0 radical (unpaired) electrons. The second kappa shape index (κ2) is 11.0. The molecule has 4 N–H and O–H groups in total. The molecule has 0 atom stereocenters. The van der Waals surface area contributed by atoms with E-state index < -0.39 is 5.91 Å². The number of piperidine rings is 1. The zero-order valence-corrected chi connectivity index (χ0v) is 19.9. The number of rotatable bonds is 9. The number of likely N-dealkylation sites (tertiary alicyclic amines) is 1. The molecule has 2 aromatic carbocycles. The summed E-state index contributed by atoms with van der Waals surface area (Å²) in [6.07, 6.45) is 3.58. The van der Waals surface area contributed by atoms with E-state index in [0.717, 1.165) is 61.7 Å². The number of nitrogens with two attached hydrogens (primary N) is 1. The molecule has 2 aromatic heterocycles. The number of hydrogen-bond acceptors (Lipinski definition) is 8. The first kappa shape index (κ1) is 23.5. The Kier molecular flexibility index (Phi) is 7.18. The van der Waals surface area contributed by atoms with Crippen molar-refractivity contribution >= 4 is 23.4 Å². The number of hydrogen-bond donors (Lipinski definition) is 3. The lowest BCUT2D eigenvalue weighted by Crippen LogP contribution is -2.35. The smallest absolute Gasteiger partial charge is 0.254 e. The largest absolute Gasteiger partial charge is 0.365 e. The van der Waals surface area contributed by atoms with Crippen LogP contribution in [-0.2, 0) is 6.54 Å². The van der Waals surface area contributed by atoms with Crippen LogP contribution in [0, 0.1) is 5.92 Å². The van der Waals surface area contributed by atoms with Gasteiger partial charge in [0.2, 0.25) is 5.95 Å². The summed E-state index contributed by atoms with van der Waals surface area (Å²) in [5, 5.41) is 10.7. The number of nitrogens with zero attached hydrogens (tertiary/aromatic N) is 4. The third-order valence-corrected chi connectivity index (χ3v) is 6.35. The molecule has 1 saturated heterocycles. The lowest BCUT2D eigenvalue weighted by molar-refractivity contribution is 0.100. The Labute approximate surface area is 209 Å². The van der Waals surface area contributed by atoms with Gasteiger partial charge in [0.25, 0.3) is 5.91 Å². The van der Waals surface area contributed by atoms with Crippen molar-refractivity contribution in [2.75, 3.05) is 30.3 Å². The summed E-state index contributed by atoms with van der Waals surface area (Å²) in [5.74, 6) is 1.67. The topological polar surface area (TPSA) is 122 Å². The van der Waals surface area contributed by atoms with Gasteiger partial charge in [0.15, 0.2) is 5.76 Å². The van der Waals surface area contributed by atoms with Gasteiger partial charge in [-0.05, 0) is 44.0 Å². The SMILES string of the molecule is NC(=O)c1cnc(NCC2CCN(Cc3cc(-c4ccccc4)no3)CC2)nc1Nc1ccccc1. The number of nitrogens with one attached hydrogen (secondary N) is 2. The van der Waals surface area contributed by atoms with E-state index in [2.05, 4.69) is 30.7 Å².